The van der Waals surface area contributed by atoms with Gasteiger partial charge in [-0.15, -0.1) is 0 Å². The van der Waals surface area contributed by atoms with E-state index in [9.17, 15) is 14.9 Å². The molecule has 1 aromatic carbocycles. The van der Waals surface area contributed by atoms with Crippen LogP contribution in [0, 0.1) is 17.0 Å². The summed E-state index contributed by atoms with van der Waals surface area (Å²) in [5.74, 6) is 0. The normalized spacial score (nSPS) is 9.29. The van der Waals surface area contributed by atoms with Gasteiger partial charge in [0, 0.05) is 5.56 Å². The van der Waals surface area contributed by atoms with Gasteiger partial charge in [0.1, 0.15) is 5.02 Å². The van der Waals surface area contributed by atoms with E-state index in [4.69, 9.17) is 11.6 Å². The van der Waals surface area contributed by atoms with Crippen molar-refractivity contribution in [2.45, 2.75) is 6.92 Å². The first-order chi connectivity index (χ1) is 6.56. The lowest BCUT2D eigenvalue weighted by molar-refractivity contribution is -0.385. The molecular weight excluding hydrogens is 208 g/mol. The van der Waals surface area contributed by atoms with Crippen LogP contribution in [-0.4, -0.2) is 11.0 Å². The van der Waals surface area contributed by atoms with Crippen LogP contribution in [0.15, 0.2) is 17.1 Å². The van der Waals surface area contributed by atoms with Crippen molar-refractivity contribution in [1.29, 1.82) is 0 Å². The van der Waals surface area contributed by atoms with Gasteiger partial charge < -0.3 is 0 Å². The maximum atomic E-state index is 10.5. The van der Waals surface area contributed by atoms with Gasteiger partial charge in [0.15, 0.2) is 0 Å². The lowest BCUT2D eigenvalue weighted by atomic mass is 10.2. The summed E-state index contributed by atoms with van der Waals surface area (Å²) < 4.78 is 0. The van der Waals surface area contributed by atoms with Crippen LogP contribution in [0.2, 0.25) is 5.02 Å². The van der Waals surface area contributed by atoms with Crippen LogP contribution < -0.4 is 0 Å². The summed E-state index contributed by atoms with van der Waals surface area (Å²) in [5, 5.41) is 10.5. The first kappa shape index (κ1) is 10.4. The minimum atomic E-state index is -0.577. The summed E-state index contributed by atoms with van der Waals surface area (Å²) >= 11 is 5.63. The Morgan fingerprint density at radius 1 is 1.57 bits per heavy atom. The number of halogens is 1. The maximum Gasteiger partial charge on any atom is 0.290 e. The van der Waals surface area contributed by atoms with Crippen molar-refractivity contribution in [2.75, 3.05) is 0 Å². The molecule has 6 heteroatoms. The number of carbonyl (C=O) groups excluding carboxylic acids is 1. The van der Waals surface area contributed by atoms with Gasteiger partial charge in [-0.25, -0.2) is 4.79 Å². The van der Waals surface area contributed by atoms with E-state index in [1.54, 1.807) is 0 Å². The summed E-state index contributed by atoms with van der Waals surface area (Å²) in [6, 6.07) is 2.65. The number of nitrogens with zero attached hydrogens (tertiary/aromatic N) is 2. The molecule has 14 heavy (non-hydrogen) atoms. The molecule has 0 heterocycles. The zero-order valence-electron chi connectivity index (χ0n) is 7.15. The molecule has 0 aromatic heterocycles. The van der Waals surface area contributed by atoms with Crippen molar-refractivity contribution in [3.8, 4) is 0 Å². The number of rotatable bonds is 2. The first-order valence-electron chi connectivity index (χ1n) is 3.58. The van der Waals surface area contributed by atoms with Gasteiger partial charge in [0.05, 0.1) is 10.6 Å². The number of hydrogen-bond donors (Lipinski definition) is 0. The summed E-state index contributed by atoms with van der Waals surface area (Å²) in [4.78, 5) is 23.2. The Hall–Kier alpha value is -1.71. The fourth-order valence-electron chi connectivity index (χ4n) is 1.07. The van der Waals surface area contributed by atoms with Crippen molar-refractivity contribution >= 4 is 29.1 Å². The lowest BCUT2D eigenvalue weighted by Crippen LogP contribution is -1.92. The van der Waals surface area contributed by atoms with Crippen LogP contribution in [0.1, 0.15) is 5.56 Å². The molecule has 1 aromatic rings. The Bertz CT molecular complexity index is 415. The van der Waals surface area contributed by atoms with Gasteiger partial charge in [-0.1, -0.05) is 11.6 Å². The molecule has 0 N–H and O–H groups in total. The van der Waals surface area contributed by atoms with Crippen LogP contribution in [0.4, 0.5) is 11.4 Å². The smallest absolute Gasteiger partial charge is 0.258 e. The molecule has 0 bridgehead atoms. The van der Waals surface area contributed by atoms with Crippen molar-refractivity contribution < 1.29 is 9.72 Å². The highest BCUT2D eigenvalue weighted by Gasteiger charge is 2.16. The van der Waals surface area contributed by atoms with E-state index in [1.807, 2.05) is 0 Å². The summed E-state index contributed by atoms with van der Waals surface area (Å²) in [6.45, 7) is 1.52. The van der Waals surface area contributed by atoms with Gasteiger partial charge >= 0.3 is 0 Å². The van der Waals surface area contributed by atoms with Gasteiger partial charge in [-0.2, -0.15) is 4.99 Å². The number of aliphatic imine (C=N–C) groups is 1. The van der Waals surface area contributed by atoms with E-state index in [1.165, 1.54) is 25.1 Å². The standard InChI is InChI=1S/C8H5ClN2O3/c1-5-2-6(10-4-12)3-7(9)8(5)11(13)14/h2-3H,1H3. The highest BCUT2D eigenvalue weighted by molar-refractivity contribution is 6.33. The number of nitro benzene ring substituents is 1. The predicted molar refractivity (Wildman–Crippen MR) is 50.6 cm³/mol. The molecule has 0 aliphatic rings. The molecule has 0 saturated heterocycles. The fourth-order valence-corrected chi connectivity index (χ4v) is 1.40. The molecule has 72 valence electrons. The van der Waals surface area contributed by atoms with Crippen molar-refractivity contribution in [3.05, 3.63) is 32.8 Å². The Morgan fingerprint density at radius 2 is 2.21 bits per heavy atom. The molecule has 0 amide bonds. The molecule has 0 fully saturated rings. The SMILES string of the molecule is Cc1cc(N=C=O)cc(Cl)c1[N+](=O)[O-]. The van der Waals surface area contributed by atoms with Gasteiger partial charge in [0.25, 0.3) is 5.69 Å². The Balaban J connectivity index is 3.39. The molecule has 0 aliphatic heterocycles. The first-order valence-corrected chi connectivity index (χ1v) is 3.96. The number of benzene rings is 1. The van der Waals surface area contributed by atoms with Gasteiger partial charge in [-0.3, -0.25) is 10.1 Å². The number of isocyanates is 1. The second-order valence-corrected chi connectivity index (χ2v) is 2.96. The molecule has 0 atom stereocenters. The van der Waals surface area contributed by atoms with Gasteiger partial charge in [-0.05, 0) is 19.1 Å². The zero-order valence-corrected chi connectivity index (χ0v) is 7.91. The van der Waals surface area contributed by atoms with Crippen LogP contribution in [-0.2, 0) is 4.79 Å². The van der Waals surface area contributed by atoms with E-state index in [2.05, 4.69) is 4.99 Å². The minimum Gasteiger partial charge on any atom is -0.258 e. The average Bonchev–Trinajstić information content (AvgIpc) is 2.01. The van der Waals surface area contributed by atoms with E-state index < -0.39 is 4.92 Å². The van der Waals surface area contributed by atoms with E-state index in [-0.39, 0.29) is 16.4 Å². The average molecular weight is 213 g/mol. The maximum absolute atomic E-state index is 10.5. The molecule has 0 spiro atoms. The Labute approximate surface area is 84.2 Å². The number of aryl methyl sites for hydroxylation is 1. The molecule has 1 rings (SSSR count). The molecular formula is C8H5ClN2O3. The van der Waals surface area contributed by atoms with E-state index in [0.717, 1.165) is 0 Å². The molecule has 0 aliphatic carbocycles. The summed E-state index contributed by atoms with van der Waals surface area (Å²) in [5.41, 5.74) is 0.445. The second-order valence-electron chi connectivity index (χ2n) is 2.55. The minimum absolute atomic E-state index is 0.0380. The van der Waals surface area contributed by atoms with E-state index >= 15 is 0 Å². The van der Waals surface area contributed by atoms with Gasteiger partial charge in [0.2, 0.25) is 6.08 Å². The monoisotopic (exact) mass is 212 g/mol. The molecule has 5 nitrogen and oxygen atoms in total. The topological polar surface area (TPSA) is 72.6 Å². The summed E-state index contributed by atoms with van der Waals surface area (Å²) in [6.07, 6.45) is 1.33. The number of hydrogen-bond acceptors (Lipinski definition) is 4. The highest BCUT2D eigenvalue weighted by Crippen LogP contribution is 2.32. The van der Waals surface area contributed by atoms with Crippen LogP contribution in [0.5, 0.6) is 0 Å². The molecule has 0 saturated carbocycles. The third-order valence-electron chi connectivity index (χ3n) is 1.60. The summed E-state index contributed by atoms with van der Waals surface area (Å²) in [7, 11) is 0. The van der Waals surface area contributed by atoms with Crippen molar-refractivity contribution in [3.63, 3.8) is 0 Å². The van der Waals surface area contributed by atoms with Crippen molar-refractivity contribution in [1.82, 2.24) is 0 Å². The Morgan fingerprint density at radius 3 is 2.64 bits per heavy atom. The number of nitro groups is 1. The van der Waals surface area contributed by atoms with Crippen LogP contribution in [0.3, 0.4) is 0 Å². The zero-order chi connectivity index (χ0) is 10.7. The fraction of sp³-hybridized carbons (Fsp3) is 0.125. The Kier molecular flexibility index (Phi) is 2.96. The van der Waals surface area contributed by atoms with Crippen LogP contribution in [0.25, 0.3) is 0 Å². The third kappa shape index (κ3) is 1.96. The molecule has 0 unspecified atom stereocenters. The largest absolute Gasteiger partial charge is 0.290 e. The van der Waals surface area contributed by atoms with Crippen molar-refractivity contribution in [2.24, 2.45) is 4.99 Å². The second kappa shape index (κ2) is 4.00. The third-order valence-corrected chi connectivity index (χ3v) is 1.88. The molecule has 0 radical (unpaired) electrons. The van der Waals surface area contributed by atoms with E-state index in [0.29, 0.717) is 5.56 Å². The lowest BCUT2D eigenvalue weighted by Gasteiger charge is -1.99. The predicted octanol–water partition coefficient (Wildman–Crippen LogP) is 2.52. The quantitative estimate of drug-likeness (QED) is 0.327. The van der Waals surface area contributed by atoms with Crippen LogP contribution >= 0.6 is 11.6 Å². The highest BCUT2D eigenvalue weighted by atomic mass is 35.5.